The molecule has 0 saturated carbocycles. The first-order valence-corrected chi connectivity index (χ1v) is 15.9. The van der Waals surface area contributed by atoms with E-state index in [1.54, 1.807) is 54.6 Å². The largest absolute Gasteiger partial charge is 0.325 e. The Morgan fingerprint density at radius 3 is 2.07 bits per heavy atom. The second kappa shape index (κ2) is 15.3. The van der Waals surface area contributed by atoms with Crippen LogP contribution in [0.2, 0.25) is 5.02 Å². The molecule has 0 aliphatic carbocycles. The van der Waals surface area contributed by atoms with Crippen LogP contribution in [0.4, 0.5) is 11.4 Å². The zero-order valence-electron chi connectivity index (χ0n) is 25.3. The maximum Gasteiger partial charge on any atom is 0.272 e. The Morgan fingerprint density at radius 1 is 0.717 bits per heavy atom. The maximum absolute atomic E-state index is 13.6. The van der Waals surface area contributed by atoms with Gasteiger partial charge in [-0.05, 0) is 90.7 Å². The normalized spacial score (nSPS) is 11.8. The smallest absolute Gasteiger partial charge is 0.272 e. The summed E-state index contributed by atoms with van der Waals surface area (Å²) >= 11 is 7.58. The van der Waals surface area contributed by atoms with Gasteiger partial charge in [-0.15, -0.1) is 11.8 Å². The van der Waals surface area contributed by atoms with Gasteiger partial charge in [0, 0.05) is 26.9 Å². The number of anilines is 2. The average Bonchev–Trinajstić information content (AvgIpc) is 3.07. The molecule has 0 fully saturated rings. The molecule has 8 heteroatoms. The second-order valence-corrected chi connectivity index (χ2v) is 12.2. The van der Waals surface area contributed by atoms with Crippen molar-refractivity contribution in [3.05, 3.63) is 166 Å². The summed E-state index contributed by atoms with van der Waals surface area (Å²) < 4.78 is 0. The fourth-order valence-electron chi connectivity index (χ4n) is 4.63. The summed E-state index contributed by atoms with van der Waals surface area (Å²) in [5.41, 5.74) is 5.28. The molecule has 6 nitrogen and oxygen atoms in total. The first-order chi connectivity index (χ1) is 22.3. The van der Waals surface area contributed by atoms with E-state index in [0.29, 0.717) is 22.0 Å². The SMILES string of the molecule is Cc1ccccc1/C=C(\NC(=O)c1ccccc1)C(=O)Nc1ccc(SC(C(=O)Nc2cc(Cl)ccc2C)c2ccccc2)cc1. The summed E-state index contributed by atoms with van der Waals surface area (Å²) in [4.78, 5) is 40.9. The zero-order chi connectivity index (χ0) is 32.5. The molecule has 0 heterocycles. The summed E-state index contributed by atoms with van der Waals surface area (Å²) in [5, 5.41) is 8.70. The van der Waals surface area contributed by atoms with Crippen LogP contribution in [0.3, 0.4) is 0 Å². The van der Waals surface area contributed by atoms with Gasteiger partial charge in [0.2, 0.25) is 5.91 Å². The van der Waals surface area contributed by atoms with E-state index in [1.165, 1.54) is 11.8 Å². The summed E-state index contributed by atoms with van der Waals surface area (Å²) in [7, 11) is 0. The third-order valence-electron chi connectivity index (χ3n) is 7.18. The van der Waals surface area contributed by atoms with Gasteiger partial charge < -0.3 is 16.0 Å². The molecular formula is C38H32ClN3O3S. The van der Waals surface area contributed by atoms with E-state index in [4.69, 9.17) is 11.6 Å². The molecule has 5 aromatic carbocycles. The van der Waals surface area contributed by atoms with E-state index < -0.39 is 11.2 Å². The Kier molecular flexibility index (Phi) is 10.7. The molecule has 5 aromatic rings. The van der Waals surface area contributed by atoms with Crippen molar-refractivity contribution >= 4 is 58.5 Å². The number of carbonyl (C=O) groups is 3. The topological polar surface area (TPSA) is 87.3 Å². The van der Waals surface area contributed by atoms with Crippen molar-refractivity contribution in [3.63, 3.8) is 0 Å². The fourth-order valence-corrected chi connectivity index (χ4v) is 5.82. The van der Waals surface area contributed by atoms with Gasteiger partial charge in [-0.25, -0.2) is 0 Å². The van der Waals surface area contributed by atoms with Gasteiger partial charge in [-0.3, -0.25) is 14.4 Å². The van der Waals surface area contributed by atoms with Crippen LogP contribution in [-0.2, 0) is 9.59 Å². The number of thioether (sulfide) groups is 1. The van der Waals surface area contributed by atoms with Gasteiger partial charge in [-0.1, -0.05) is 90.5 Å². The third-order valence-corrected chi connectivity index (χ3v) is 8.68. The van der Waals surface area contributed by atoms with Gasteiger partial charge in [-0.2, -0.15) is 0 Å². The lowest BCUT2D eigenvalue weighted by molar-refractivity contribution is -0.116. The predicted octanol–water partition coefficient (Wildman–Crippen LogP) is 8.84. The molecule has 0 bridgehead atoms. The highest BCUT2D eigenvalue weighted by Crippen LogP contribution is 2.37. The Bertz CT molecular complexity index is 1880. The number of rotatable bonds is 10. The number of carbonyl (C=O) groups excluding carboxylic acids is 3. The minimum Gasteiger partial charge on any atom is -0.325 e. The van der Waals surface area contributed by atoms with Gasteiger partial charge in [0.1, 0.15) is 10.9 Å². The Morgan fingerprint density at radius 2 is 1.37 bits per heavy atom. The number of hydrogen-bond acceptors (Lipinski definition) is 4. The van der Waals surface area contributed by atoms with E-state index in [1.807, 2.05) is 92.7 Å². The Balaban J connectivity index is 1.34. The quantitative estimate of drug-likeness (QED) is 0.105. The van der Waals surface area contributed by atoms with Crippen LogP contribution in [0.15, 0.2) is 138 Å². The molecule has 5 rings (SSSR count). The molecule has 0 aliphatic rings. The molecule has 0 spiro atoms. The van der Waals surface area contributed by atoms with E-state index in [9.17, 15) is 14.4 Å². The maximum atomic E-state index is 13.6. The molecule has 0 aromatic heterocycles. The molecule has 1 atom stereocenters. The molecule has 0 saturated heterocycles. The summed E-state index contributed by atoms with van der Waals surface area (Å²) in [5.74, 6) is -1.04. The highest BCUT2D eigenvalue weighted by Gasteiger charge is 2.23. The number of nitrogens with one attached hydrogen (secondary N) is 3. The highest BCUT2D eigenvalue weighted by atomic mass is 35.5. The predicted molar refractivity (Wildman–Crippen MR) is 188 cm³/mol. The van der Waals surface area contributed by atoms with Crippen molar-refractivity contribution in [2.75, 3.05) is 10.6 Å². The molecule has 230 valence electrons. The van der Waals surface area contributed by atoms with Crippen molar-refractivity contribution in [2.45, 2.75) is 24.0 Å². The Labute approximate surface area is 277 Å². The molecule has 46 heavy (non-hydrogen) atoms. The lowest BCUT2D eigenvalue weighted by Gasteiger charge is -2.18. The lowest BCUT2D eigenvalue weighted by Crippen LogP contribution is -2.30. The van der Waals surface area contributed by atoms with Crippen LogP contribution in [0.5, 0.6) is 0 Å². The van der Waals surface area contributed by atoms with Crippen molar-refractivity contribution in [1.82, 2.24) is 5.32 Å². The minimum atomic E-state index is -0.545. The first kappa shape index (κ1) is 32.3. The van der Waals surface area contributed by atoms with Crippen LogP contribution in [0.25, 0.3) is 6.08 Å². The zero-order valence-corrected chi connectivity index (χ0v) is 26.9. The van der Waals surface area contributed by atoms with Crippen molar-refractivity contribution < 1.29 is 14.4 Å². The first-order valence-electron chi connectivity index (χ1n) is 14.6. The summed E-state index contributed by atoms with van der Waals surface area (Å²) in [6.07, 6.45) is 1.67. The lowest BCUT2D eigenvalue weighted by atomic mass is 10.1. The summed E-state index contributed by atoms with van der Waals surface area (Å²) in [6.45, 7) is 3.86. The number of amides is 3. The number of benzene rings is 5. The van der Waals surface area contributed by atoms with Crippen LogP contribution in [0.1, 0.15) is 37.9 Å². The van der Waals surface area contributed by atoms with E-state index in [2.05, 4.69) is 16.0 Å². The number of aryl methyl sites for hydroxylation is 2. The highest BCUT2D eigenvalue weighted by molar-refractivity contribution is 8.00. The third kappa shape index (κ3) is 8.53. The van der Waals surface area contributed by atoms with E-state index >= 15 is 0 Å². The molecule has 0 aliphatic heterocycles. The van der Waals surface area contributed by atoms with Gasteiger partial charge in [0.25, 0.3) is 11.8 Å². The monoisotopic (exact) mass is 645 g/mol. The minimum absolute atomic E-state index is 0.110. The number of halogens is 1. The van der Waals surface area contributed by atoms with Gasteiger partial charge >= 0.3 is 0 Å². The molecule has 0 radical (unpaired) electrons. The average molecular weight is 646 g/mol. The Hall–Kier alpha value is -5.11. The van der Waals surface area contributed by atoms with Crippen molar-refractivity contribution in [2.24, 2.45) is 0 Å². The fraction of sp³-hybridized carbons (Fsp3) is 0.0789. The van der Waals surface area contributed by atoms with Gasteiger partial charge in [0.15, 0.2) is 0 Å². The molecular weight excluding hydrogens is 614 g/mol. The van der Waals surface area contributed by atoms with Crippen LogP contribution >= 0.6 is 23.4 Å². The van der Waals surface area contributed by atoms with Crippen LogP contribution in [-0.4, -0.2) is 17.7 Å². The summed E-state index contributed by atoms with van der Waals surface area (Å²) in [6, 6.07) is 38.5. The van der Waals surface area contributed by atoms with Gasteiger partial charge in [0.05, 0.1) is 0 Å². The standard InChI is InChI=1S/C38H32ClN3O3S/c1-25-11-9-10-16-29(25)23-34(42-36(43)28-14-7-4-8-15-28)37(44)40-31-19-21-32(22-20-31)46-35(27-12-5-3-6-13-27)38(45)41-33-24-30(39)18-17-26(33)2/h3-24,35H,1-2H3,(H,40,44)(H,41,45)(H,42,43)/b34-23-. The van der Waals surface area contributed by atoms with E-state index in [0.717, 1.165) is 27.1 Å². The van der Waals surface area contributed by atoms with Crippen molar-refractivity contribution in [3.8, 4) is 0 Å². The second-order valence-electron chi connectivity index (χ2n) is 10.6. The molecule has 3 amide bonds. The van der Waals surface area contributed by atoms with Crippen molar-refractivity contribution in [1.29, 1.82) is 0 Å². The number of hydrogen-bond donors (Lipinski definition) is 3. The van der Waals surface area contributed by atoms with Crippen LogP contribution < -0.4 is 16.0 Å². The molecule has 1 unspecified atom stereocenters. The molecule has 3 N–H and O–H groups in total. The van der Waals surface area contributed by atoms with Crippen LogP contribution in [0, 0.1) is 13.8 Å². The van der Waals surface area contributed by atoms with E-state index in [-0.39, 0.29) is 17.5 Å².